The molecule has 0 unspecified atom stereocenters. The van der Waals surface area contributed by atoms with Crippen LogP contribution < -0.4 is 26.7 Å². The van der Waals surface area contributed by atoms with Crippen molar-refractivity contribution in [2.45, 2.75) is 0 Å². The number of nitrogens with one attached hydrogen (secondary N) is 2. The first-order valence-corrected chi connectivity index (χ1v) is 11.6. The lowest BCUT2D eigenvalue weighted by Crippen LogP contribution is -2.36. The van der Waals surface area contributed by atoms with E-state index >= 15 is 0 Å². The van der Waals surface area contributed by atoms with Gasteiger partial charge in [-0.3, -0.25) is 9.59 Å². The lowest BCUT2D eigenvalue weighted by molar-refractivity contribution is -0.114. The van der Waals surface area contributed by atoms with Gasteiger partial charge in [0.15, 0.2) is 11.5 Å². The second kappa shape index (κ2) is 9.59. The molecule has 10 nitrogen and oxygen atoms in total. The number of hydrogen-bond acceptors (Lipinski definition) is 10. The Kier molecular flexibility index (Phi) is 6.21. The minimum Gasteiger partial charge on any atom is -0.439 e. The molecule has 1 aliphatic rings. The maximum atomic E-state index is 12.7. The Hall–Kier alpha value is -3.80. The van der Waals surface area contributed by atoms with Crippen LogP contribution in [0.3, 0.4) is 0 Å². The van der Waals surface area contributed by atoms with Crippen LogP contribution in [-0.4, -0.2) is 48.7 Å². The van der Waals surface area contributed by atoms with Crippen molar-refractivity contribution in [2.24, 2.45) is 5.73 Å². The number of thiophene rings is 1. The Morgan fingerprint density at radius 2 is 1.97 bits per heavy atom. The number of aromatic nitrogens is 2. The maximum Gasteiger partial charge on any atom is 0.239 e. The predicted octanol–water partition coefficient (Wildman–Crippen LogP) is 2.79. The number of ether oxygens (including phenoxy) is 1. The molecule has 4 aromatic rings. The summed E-state index contributed by atoms with van der Waals surface area (Å²) in [6, 6.07) is 10.8. The summed E-state index contributed by atoms with van der Waals surface area (Å²) in [6.07, 6.45) is 1.54. The second-order valence-corrected chi connectivity index (χ2v) is 8.46. The topological polar surface area (TPSA) is 136 Å². The van der Waals surface area contributed by atoms with Gasteiger partial charge in [0.1, 0.15) is 10.5 Å². The van der Waals surface area contributed by atoms with Crippen molar-refractivity contribution >= 4 is 50.9 Å². The minimum atomic E-state index is -0.333. The van der Waals surface area contributed by atoms with Crippen molar-refractivity contribution < 1.29 is 13.9 Å². The summed E-state index contributed by atoms with van der Waals surface area (Å²) in [5.74, 6) is 0.933. The number of benzene rings is 1. The Bertz CT molecular complexity index is 1380. The van der Waals surface area contributed by atoms with Crippen LogP contribution in [0.5, 0.6) is 0 Å². The SMILES string of the molecule is NCC(=O)Nc1ccnc(Nc2ccc(-c3csc4c(=O)cc(N5CCOCC5)oc34)cc2)n1. The van der Waals surface area contributed by atoms with Crippen LogP contribution in [0.1, 0.15) is 0 Å². The van der Waals surface area contributed by atoms with Crippen LogP contribution in [0.4, 0.5) is 23.3 Å². The van der Waals surface area contributed by atoms with Crippen LogP contribution >= 0.6 is 11.3 Å². The van der Waals surface area contributed by atoms with E-state index in [1.165, 1.54) is 11.3 Å². The molecular weight excluding hydrogens is 456 g/mol. The normalized spacial score (nSPS) is 13.7. The van der Waals surface area contributed by atoms with E-state index in [2.05, 4.69) is 20.6 Å². The average molecular weight is 479 g/mol. The molecule has 0 atom stereocenters. The van der Waals surface area contributed by atoms with Gasteiger partial charge in [-0.05, 0) is 23.8 Å². The highest BCUT2D eigenvalue weighted by Crippen LogP contribution is 2.35. The van der Waals surface area contributed by atoms with E-state index in [1.54, 1.807) is 18.3 Å². The zero-order valence-corrected chi connectivity index (χ0v) is 18.9. The number of anilines is 4. The molecule has 5 rings (SSSR count). The molecule has 0 radical (unpaired) electrons. The molecule has 34 heavy (non-hydrogen) atoms. The van der Waals surface area contributed by atoms with Crippen LogP contribution in [-0.2, 0) is 9.53 Å². The molecule has 174 valence electrons. The van der Waals surface area contributed by atoms with Crippen molar-refractivity contribution in [3.8, 4) is 11.1 Å². The summed E-state index contributed by atoms with van der Waals surface area (Å²) in [5.41, 5.74) is 8.41. The molecule has 3 aromatic heterocycles. The zero-order chi connectivity index (χ0) is 23.5. The van der Waals surface area contributed by atoms with Gasteiger partial charge < -0.3 is 30.4 Å². The number of morpholine rings is 1. The van der Waals surface area contributed by atoms with Crippen LogP contribution in [0.2, 0.25) is 0 Å². The third-order valence-corrected chi connectivity index (χ3v) is 6.29. The van der Waals surface area contributed by atoms with Crippen LogP contribution in [0.25, 0.3) is 21.4 Å². The number of nitrogens with zero attached hydrogens (tertiary/aromatic N) is 3. The fraction of sp³-hybridized carbons (Fsp3) is 0.217. The third-order valence-electron chi connectivity index (χ3n) is 5.31. The Morgan fingerprint density at radius 3 is 2.74 bits per heavy atom. The summed E-state index contributed by atoms with van der Waals surface area (Å²) in [7, 11) is 0. The molecule has 0 spiro atoms. The van der Waals surface area contributed by atoms with Gasteiger partial charge in [-0.1, -0.05) is 12.1 Å². The lowest BCUT2D eigenvalue weighted by atomic mass is 10.1. The summed E-state index contributed by atoms with van der Waals surface area (Å²) in [4.78, 5) is 34.6. The smallest absolute Gasteiger partial charge is 0.239 e. The van der Waals surface area contributed by atoms with Gasteiger partial charge in [-0.25, -0.2) is 4.98 Å². The van der Waals surface area contributed by atoms with Gasteiger partial charge >= 0.3 is 0 Å². The van der Waals surface area contributed by atoms with E-state index in [0.29, 0.717) is 54.2 Å². The first-order valence-electron chi connectivity index (χ1n) is 10.7. The summed E-state index contributed by atoms with van der Waals surface area (Å²) >= 11 is 1.38. The molecule has 11 heteroatoms. The van der Waals surface area contributed by atoms with Crippen molar-refractivity contribution in [3.05, 3.63) is 58.2 Å². The molecule has 4 N–H and O–H groups in total. The summed E-state index contributed by atoms with van der Waals surface area (Å²) in [6.45, 7) is 2.47. The highest BCUT2D eigenvalue weighted by Gasteiger charge is 2.18. The average Bonchev–Trinajstić information content (AvgIpc) is 3.30. The van der Waals surface area contributed by atoms with E-state index in [1.807, 2.05) is 34.5 Å². The number of nitrogens with two attached hydrogens (primary N) is 1. The first-order chi connectivity index (χ1) is 16.6. The summed E-state index contributed by atoms with van der Waals surface area (Å²) < 4.78 is 12.2. The standard InChI is InChI=1S/C23H22N6O4S/c24-12-19(31)27-18-5-6-25-23(28-18)26-15-3-1-14(2-4-15)16-13-34-22-17(30)11-20(33-21(16)22)29-7-9-32-10-8-29/h1-6,11,13H,7-10,12,24H2,(H2,25,26,27,28,31). The third kappa shape index (κ3) is 4.62. The fourth-order valence-corrected chi connectivity index (χ4v) is 4.53. The zero-order valence-electron chi connectivity index (χ0n) is 18.1. The summed E-state index contributed by atoms with van der Waals surface area (Å²) in [5, 5.41) is 7.65. The molecule has 4 heterocycles. The largest absolute Gasteiger partial charge is 0.439 e. The number of rotatable bonds is 6. The molecule has 1 fully saturated rings. The number of carbonyl (C=O) groups is 1. The van der Waals surface area contributed by atoms with Crippen molar-refractivity contribution in [3.63, 3.8) is 0 Å². The number of carbonyl (C=O) groups excluding carboxylic acids is 1. The molecular formula is C23H22N6O4S. The minimum absolute atomic E-state index is 0.0453. The Balaban J connectivity index is 1.39. The van der Waals surface area contributed by atoms with Gasteiger partial charge in [0.05, 0.1) is 19.8 Å². The lowest BCUT2D eigenvalue weighted by Gasteiger charge is -2.27. The van der Waals surface area contributed by atoms with Gasteiger partial charge in [0, 0.05) is 42.0 Å². The molecule has 0 bridgehead atoms. The quantitative estimate of drug-likeness (QED) is 0.382. The number of fused-ring (bicyclic) bond motifs is 1. The Labute approximate surface area is 198 Å². The van der Waals surface area contributed by atoms with E-state index in [-0.39, 0.29) is 17.9 Å². The number of amides is 1. The van der Waals surface area contributed by atoms with Crippen LogP contribution in [0.15, 0.2) is 57.2 Å². The molecule has 0 saturated carbocycles. The monoisotopic (exact) mass is 478 g/mol. The van der Waals surface area contributed by atoms with Gasteiger partial charge in [0.25, 0.3) is 0 Å². The van der Waals surface area contributed by atoms with Crippen molar-refractivity contribution in [1.29, 1.82) is 0 Å². The van der Waals surface area contributed by atoms with Gasteiger partial charge in [-0.2, -0.15) is 4.98 Å². The predicted molar refractivity (Wildman–Crippen MR) is 132 cm³/mol. The fourth-order valence-electron chi connectivity index (χ4n) is 3.61. The van der Waals surface area contributed by atoms with Crippen molar-refractivity contribution in [1.82, 2.24) is 9.97 Å². The number of hydrogen-bond donors (Lipinski definition) is 3. The Morgan fingerprint density at radius 1 is 1.18 bits per heavy atom. The molecule has 1 saturated heterocycles. The molecule has 1 aliphatic heterocycles. The molecule has 1 amide bonds. The van der Waals surface area contributed by atoms with Crippen LogP contribution in [0, 0.1) is 0 Å². The van der Waals surface area contributed by atoms with Gasteiger partial charge in [-0.15, -0.1) is 11.3 Å². The van der Waals surface area contributed by atoms with E-state index < -0.39 is 0 Å². The first kappa shape index (κ1) is 22.0. The van der Waals surface area contributed by atoms with E-state index in [0.717, 1.165) is 16.8 Å². The second-order valence-electron chi connectivity index (χ2n) is 7.58. The molecule has 0 aliphatic carbocycles. The van der Waals surface area contributed by atoms with E-state index in [9.17, 15) is 9.59 Å². The van der Waals surface area contributed by atoms with Crippen molar-refractivity contribution in [2.75, 3.05) is 48.4 Å². The highest BCUT2D eigenvalue weighted by atomic mass is 32.1. The van der Waals surface area contributed by atoms with E-state index in [4.69, 9.17) is 14.9 Å². The maximum absolute atomic E-state index is 12.7. The highest BCUT2D eigenvalue weighted by molar-refractivity contribution is 7.17. The molecule has 1 aromatic carbocycles. The van der Waals surface area contributed by atoms with Gasteiger partial charge in [0.2, 0.25) is 17.3 Å².